The van der Waals surface area contributed by atoms with Crippen molar-refractivity contribution in [3.63, 3.8) is 0 Å². The molecule has 11 heteroatoms. The molecule has 2 aliphatic rings. The molecule has 0 saturated carbocycles. The van der Waals surface area contributed by atoms with Gasteiger partial charge < -0.3 is 24.8 Å². The summed E-state index contributed by atoms with van der Waals surface area (Å²) in [4.78, 5) is 21.5. The number of nitrogens with zero attached hydrogens (tertiary/aromatic N) is 5. The maximum absolute atomic E-state index is 14.4. The van der Waals surface area contributed by atoms with Crippen LogP contribution >= 0.6 is 12.6 Å². The Hall–Kier alpha value is -2.63. The smallest absolute Gasteiger partial charge is 0.311 e. The van der Waals surface area contributed by atoms with E-state index < -0.39 is 16.7 Å². The summed E-state index contributed by atoms with van der Waals surface area (Å²) in [5.74, 6) is 0.880. The van der Waals surface area contributed by atoms with Gasteiger partial charge in [-0.1, -0.05) is 0 Å². The van der Waals surface area contributed by atoms with Gasteiger partial charge in [0.1, 0.15) is 11.3 Å². The Bertz CT molecular complexity index is 926. The fourth-order valence-electron chi connectivity index (χ4n) is 3.67. The van der Waals surface area contributed by atoms with Gasteiger partial charge in [0.25, 0.3) is 0 Å². The van der Waals surface area contributed by atoms with E-state index in [4.69, 9.17) is 4.74 Å². The van der Waals surface area contributed by atoms with Crippen LogP contribution in [-0.2, 0) is 4.74 Å². The van der Waals surface area contributed by atoms with E-state index in [1.54, 1.807) is 35.2 Å². The second kappa shape index (κ2) is 9.25. The molecule has 0 radical (unpaired) electrons. The second-order valence-electron chi connectivity index (χ2n) is 7.58. The van der Waals surface area contributed by atoms with Crippen molar-refractivity contribution in [1.29, 1.82) is 0 Å². The number of likely N-dealkylation sites (N-methyl/N-ethyl adjacent to an activating group) is 1. The van der Waals surface area contributed by atoms with Crippen LogP contribution in [0.5, 0.6) is 0 Å². The van der Waals surface area contributed by atoms with Gasteiger partial charge in [0.15, 0.2) is 0 Å². The Morgan fingerprint density at radius 2 is 1.87 bits per heavy atom. The quantitative estimate of drug-likeness (QED) is 0.313. The number of hydrogen-bond acceptors (Lipinski definition) is 9. The van der Waals surface area contributed by atoms with Crippen molar-refractivity contribution < 1.29 is 14.1 Å². The summed E-state index contributed by atoms with van der Waals surface area (Å²) >= 11 is 4.11. The number of thiol groups is 1. The van der Waals surface area contributed by atoms with Gasteiger partial charge in [-0.25, -0.2) is 9.37 Å². The molecular weight excluding hydrogens is 423 g/mol. The standard InChI is InChI=1S/C20H25FN6O3S/c1-24-8-10-25(11-9-24)17-7-6-16(27(28)29)19(23-17)22-14-2-4-15(5-3-14)26-12-13-30-20(31)18(26)21/h2-7,18,20,31H,8-13H2,1H3,(H,22,23). The summed E-state index contributed by atoms with van der Waals surface area (Å²) in [6.45, 7) is 4.26. The largest absolute Gasteiger partial charge is 0.361 e. The van der Waals surface area contributed by atoms with Gasteiger partial charge in [-0.3, -0.25) is 10.1 Å². The number of halogens is 1. The van der Waals surface area contributed by atoms with Crippen molar-refractivity contribution in [3.05, 3.63) is 46.5 Å². The summed E-state index contributed by atoms with van der Waals surface area (Å²) in [6, 6.07) is 10.2. The number of hydrogen-bond donors (Lipinski definition) is 2. The van der Waals surface area contributed by atoms with Crippen LogP contribution in [0.2, 0.25) is 0 Å². The molecule has 0 aliphatic carbocycles. The third-order valence-corrected chi connectivity index (χ3v) is 5.89. The SMILES string of the molecule is CN1CCN(c2ccc([N+](=O)[O-])c(Nc3ccc(N4CCOC(S)C4F)cc3)n2)CC1. The minimum Gasteiger partial charge on any atom is -0.361 e. The van der Waals surface area contributed by atoms with Crippen LogP contribution in [0.25, 0.3) is 0 Å². The lowest BCUT2D eigenvalue weighted by Crippen LogP contribution is -2.46. The predicted octanol–water partition coefficient (Wildman–Crippen LogP) is 2.87. The molecule has 4 rings (SSSR count). The number of ether oxygens (including phenoxy) is 1. The first kappa shape index (κ1) is 21.6. The lowest BCUT2D eigenvalue weighted by Gasteiger charge is -2.35. The highest BCUT2D eigenvalue weighted by molar-refractivity contribution is 7.80. The Morgan fingerprint density at radius 1 is 1.16 bits per heavy atom. The Balaban J connectivity index is 1.53. The number of nitrogens with one attached hydrogen (secondary N) is 1. The van der Waals surface area contributed by atoms with E-state index in [1.165, 1.54) is 6.07 Å². The highest BCUT2D eigenvalue weighted by Crippen LogP contribution is 2.31. The molecular formula is C20H25FN6O3S. The summed E-state index contributed by atoms with van der Waals surface area (Å²) in [7, 11) is 2.07. The predicted molar refractivity (Wildman–Crippen MR) is 121 cm³/mol. The second-order valence-corrected chi connectivity index (χ2v) is 8.09. The molecule has 3 heterocycles. The number of anilines is 4. The number of nitro groups is 1. The van der Waals surface area contributed by atoms with Crippen LogP contribution in [0.15, 0.2) is 36.4 Å². The first-order valence-electron chi connectivity index (χ1n) is 10.1. The van der Waals surface area contributed by atoms with E-state index in [9.17, 15) is 14.5 Å². The maximum atomic E-state index is 14.4. The molecule has 2 aromatic rings. The number of benzene rings is 1. The van der Waals surface area contributed by atoms with Crippen molar-refractivity contribution in [2.75, 3.05) is 61.5 Å². The molecule has 1 aromatic carbocycles. The van der Waals surface area contributed by atoms with Crippen molar-refractivity contribution >= 4 is 41.3 Å². The number of aromatic nitrogens is 1. The molecule has 2 unspecified atom stereocenters. The lowest BCUT2D eigenvalue weighted by atomic mass is 10.2. The number of rotatable bonds is 5. The van der Waals surface area contributed by atoms with Gasteiger partial charge in [-0.15, -0.1) is 12.6 Å². The fourth-order valence-corrected chi connectivity index (χ4v) is 3.93. The Kier molecular flexibility index (Phi) is 6.44. The van der Waals surface area contributed by atoms with Crippen LogP contribution < -0.4 is 15.1 Å². The molecule has 9 nitrogen and oxygen atoms in total. The molecule has 2 aliphatic heterocycles. The number of alkyl halides is 1. The topological polar surface area (TPSA) is 87.0 Å². The average molecular weight is 449 g/mol. The molecule has 2 saturated heterocycles. The Morgan fingerprint density at radius 3 is 2.55 bits per heavy atom. The van der Waals surface area contributed by atoms with Crippen molar-refractivity contribution in [2.45, 2.75) is 11.7 Å². The first-order valence-corrected chi connectivity index (χ1v) is 10.6. The summed E-state index contributed by atoms with van der Waals surface area (Å²) in [5.41, 5.74) is 0.419. The molecule has 2 fully saturated rings. The molecule has 0 amide bonds. The molecule has 166 valence electrons. The first-order chi connectivity index (χ1) is 14.9. The maximum Gasteiger partial charge on any atom is 0.311 e. The van der Waals surface area contributed by atoms with Gasteiger partial charge in [0.05, 0.1) is 11.5 Å². The molecule has 2 atom stereocenters. The van der Waals surface area contributed by atoms with Crippen LogP contribution in [-0.4, -0.2) is 72.9 Å². The van der Waals surface area contributed by atoms with Gasteiger partial charge in [-0.05, 0) is 37.4 Å². The molecule has 31 heavy (non-hydrogen) atoms. The van der Waals surface area contributed by atoms with Crippen LogP contribution in [0.1, 0.15) is 0 Å². The molecule has 1 N–H and O–H groups in total. The Labute approximate surface area is 185 Å². The van der Waals surface area contributed by atoms with E-state index in [0.717, 1.165) is 26.2 Å². The van der Waals surface area contributed by atoms with Crippen molar-refractivity contribution in [1.82, 2.24) is 9.88 Å². The van der Waals surface area contributed by atoms with Crippen LogP contribution in [0, 0.1) is 10.1 Å². The zero-order chi connectivity index (χ0) is 22.0. The monoisotopic (exact) mass is 448 g/mol. The van der Waals surface area contributed by atoms with E-state index in [0.29, 0.717) is 30.3 Å². The molecule has 0 bridgehead atoms. The third-order valence-electron chi connectivity index (χ3n) is 5.50. The average Bonchev–Trinajstić information content (AvgIpc) is 2.77. The normalized spacial score (nSPS) is 22.4. The summed E-state index contributed by atoms with van der Waals surface area (Å²) < 4.78 is 19.6. The number of piperazine rings is 1. The minimum atomic E-state index is -1.35. The fraction of sp³-hybridized carbons (Fsp3) is 0.450. The molecule has 1 aromatic heterocycles. The van der Waals surface area contributed by atoms with Gasteiger partial charge >= 0.3 is 5.69 Å². The summed E-state index contributed by atoms with van der Waals surface area (Å²) in [6.07, 6.45) is -1.35. The van der Waals surface area contributed by atoms with Gasteiger partial charge in [0.2, 0.25) is 12.1 Å². The van der Waals surface area contributed by atoms with Crippen molar-refractivity contribution in [3.8, 4) is 0 Å². The number of morpholine rings is 1. The highest BCUT2D eigenvalue weighted by Gasteiger charge is 2.30. The highest BCUT2D eigenvalue weighted by atomic mass is 32.1. The zero-order valence-corrected chi connectivity index (χ0v) is 18.0. The lowest BCUT2D eigenvalue weighted by molar-refractivity contribution is -0.384. The molecule has 0 spiro atoms. The third kappa shape index (κ3) is 4.83. The zero-order valence-electron chi connectivity index (χ0n) is 17.1. The minimum absolute atomic E-state index is 0.100. The van der Waals surface area contributed by atoms with Crippen LogP contribution in [0.4, 0.5) is 33.1 Å². The van der Waals surface area contributed by atoms with Crippen molar-refractivity contribution in [2.24, 2.45) is 0 Å². The van der Waals surface area contributed by atoms with E-state index in [-0.39, 0.29) is 11.5 Å². The van der Waals surface area contributed by atoms with Gasteiger partial charge in [-0.2, -0.15) is 0 Å². The van der Waals surface area contributed by atoms with E-state index >= 15 is 0 Å². The van der Waals surface area contributed by atoms with Crippen LogP contribution in [0.3, 0.4) is 0 Å². The number of pyridine rings is 1. The van der Waals surface area contributed by atoms with E-state index in [1.807, 2.05) is 0 Å². The van der Waals surface area contributed by atoms with E-state index in [2.05, 4.69) is 39.8 Å². The summed E-state index contributed by atoms with van der Waals surface area (Å²) in [5, 5.41) is 14.6. The van der Waals surface area contributed by atoms with Gasteiger partial charge in [0, 0.05) is 50.2 Å².